The topological polar surface area (TPSA) is 46.2 Å². The van der Waals surface area contributed by atoms with Crippen LogP contribution in [0.5, 0.6) is 0 Å². The molecular formula is C21H37NO. The molecule has 0 amide bonds. The highest BCUT2D eigenvalue weighted by atomic mass is 16.3. The van der Waals surface area contributed by atoms with E-state index in [1.807, 2.05) is 18.2 Å². The Bertz CT molecular complexity index is 378. The normalized spacial score (nSPS) is 13.2. The average molecular weight is 320 g/mol. The predicted molar refractivity (Wildman–Crippen MR) is 101 cm³/mol. The van der Waals surface area contributed by atoms with Crippen LogP contribution in [0.4, 0.5) is 0 Å². The summed E-state index contributed by atoms with van der Waals surface area (Å²) >= 11 is 0. The Morgan fingerprint density at radius 3 is 1.87 bits per heavy atom. The van der Waals surface area contributed by atoms with E-state index in [1.165, 1.54) is 44.1 Å². The van der Waals surface area contributed by atoms with Crippen LogP contribution in [0.25, 0.3) is 0 Å². The molecule has 1 aromatic carbocycles. The van der Waals surface area contributed by atoms with Crippen molar-refractivity contribution in [2.45, 2.75) is 96.1 Å². The second-order valence-electron chi connectivity index (χ2n) is 7.02. The number of benzene rings is 1. The lowest BCUT2D eigenvalue weighted by Crippen LogP contribution is -2.49. The Morgan fingerprint density at radius 1 is 0.870 bits per heavy atom. The van der Waals surface area contributed by atoms with Crippen molar-refractivity contribution in [3.8, 4) is 0 Å². The molecule has 1 atom stereocenters. The molecule has 1 unspecified atom stereocenters. The van der Waals surface area contributed by atoms with Crippen molar-refractivity contribution in [1.29, 1.82) is 0 Å². The summed E-state index contributed by atoms with van der Waals surface area (Å²) in [6.45, 7) is 4.44. The molecular weight excluding hydrogens is 282 g/mol. The fraction of sp³-hybridized carbons (Fsp3) is 0.714. The quantitative estimate of drug-likeness (QED) is 0.489. The zero-order chi connectivity index (χ0) is 17.0. The molecule has 0 radical (unpaired) electrons. The van der Waals surface area contributed by atoms with Gasteiger partial charge in [-0.05, 0) is 24.8 Å². The summed E-state index contributed by atoms with van der Waals surface area (Å²) in [7, 11) is 0. The fourth-order valence-electron chi connectivity index (χ4n) is 3.27. The lowest BCUT2D eigenvalue weighted by Gasteiger charge is -2.34. The van der Waals surface area contributed by atoms with E-state index in [9.17, 15) is 5.11 Å². The second-order valence-corrected chi connectivity index (χ2v) is 7.02. The largest absolute Gasteiger partial charge is 0.388 e. The zero-order valence-corrected chi connectivity index (χ0v) is 15.3. The van der Waals surface area contributed by atoms with Crippen LogP contribution in [0.3, 0.4) is 0 Å². The molecule has 0 aromatic heterocycles. The Kier molecular flexibility index (Phi) is 10.2. The Balaban J connectivity index is 2.59. The number of unbranched alkanes of at least 4 members (excludes halogenated alkanes) is 6. The van der Waals surface area contributed by atoms with Gasteiger partial charge in [0.1, 0.15) is 0 Å². The summed E-state index contributed by atoms with van der Waals surface area (Å²) < 4.78 is 0. The van der Waals surface area contributed by atoms with Crippen molar-refractivity contribution in [3.05, 3.63) is 35.9 Å². The van der Waals surface area contributed by atoms with E-state index in [0.29, 0.717) is 0 Å². The smallest absolute Gasteiger partial charge is 0.0801 e. The summed E-state index contributed by atoms with van der Waals surface area (Å²) in [4.78, 5) is 0. The van der Waals surface area contributed by atoms with Crippen LogP contribution in [0.2, 0.25) is 0 Å². The molecule has 132 valence electrons. The zero-order valence-electron chi connectivity index (χ0n) is 15.3. The number of nitrogens with two attached hydrogens (primary N) is 1. The van der Waals surface area contributed by atoms with E-state index >= 15 is 0 Å². The van der Waals surface area contributed by atoms with Crippen molar-refractivity contribution in [1.82, 2.24) is 0 Å². The molecule has 0 saturated carbocycles. The van der Waals surface area contributed by atoms with Crippen molar-refractivity contribution < 1.29 is 5.11 Å². The summed E-state index contributed by atoms with van der Waals surface area (Å²) in [5, 5.41) is 11.2. The highest BCUT2D eigenvalue weighted by Crippen LogP contribution is 2.27. The van der Waals surface area contributed by atoms with Crippen molar-refractivity contribution in [2.24, 2.45) is 5.73 Å². The Labute approximate surface area is 143 Å². The van der Waals surface area contributed by atoms with Crippen LogP contribution in [0, 0.1) is 0 Å². The van der Waals surface area contributed by atoms with Gasteiger partial charge in [0.25, 0.3) is 0 Å². The van der Waals surface area contributed by atoms with Gasteiger partial charge in [0.15, 0.2) is 0 Å². The number of hydrogen-bond acceptors (Lipinski definition) is 2. The molecule has 2 nitrogen and oxygen atoms in total. The van der Waals surface area contributed by atoms with Crippen molar-refractivity contribution >= 4 is 0 Å². The van der Waals surface area contributed by atoms with Crippen molar-refractivity contribution in [3.63, 3.8) is 0 Å². The minimum absolute atomic E-state index is 0.173. The van der Waals surface area contributed by atoms with Gasteiger partial charge in [-0.3, -0.25) is 0 Å². The maximum absolute atomic E-state index is 11.2. The third-order valence-electron chi connectivity index (χ3n) is 4.92. The van der Waals surface area contributed by atoms with Crippen LogP contribution in [-0.2, 0) is 6.42 Å². The maximum atomic E-state index is 11.2. The Hall–Kier alpha value is -0.860. The fourth-order valence-corrected chi connectivity index (χ4v) is 3.27. The maximum Gasteiger partial charge on any atom is 0.0801 e. The summed E-state index contributed by atoms with van der Waals surface area (Å²) in [6.07, 6.45) is 12.0. The minimum Gasteiger partial charge on any atom is -0.388 e. The molecule has 0 saturated heterocycles. The molecule has 2 heteroatoms. The van der Waals surface area contributed by atoms with Gasteiger partial charge in [-0.2, -0.15) is 0 Å². The molecule has 0 fully saturated rings. The van der Waals surface area contributed by atoms with E-state index in [1.54, 1.807) is 0 Å². The molecule has 1 aromatic rings. The van der Waals surface area contributed by atoms with Crippen LogP contribution >= 0.6 is 0 Å². The van der Waals surface area contributed by atoms with Crippen molar-refractivity contribution in [2.75, 3.05) is 0 Å². The SMILES string of the molecule is CCCCCCC(O)(CCCCCC)C(N)Cc1ccccc1. The van der Waals surface area contributed by atoms with Crippen LogP contribution in [0.15, 0.2) is 30.3 Å². The van der Waals surface area contributed by atoms with Gasteiger partial charge in [-0.25, -0.2) is 0 Å². The first kappa shape index (κ1) is 20.2. The summed E-state index contributed by atoms with van der Waals surface area (Å²) in [6, 6.07) is 10.2. The molecule has 0 aliphatic carbocycles. The molecule has 23 heavy (non-hydrogen) atoms. The average Bonchev–Trinajstić information content (AvgIpc) is 2.56. The molecule has 1 rings (SSSR count). The second kappa shape index (κ2) is 11.6. The molecule has 0 aliphatic rings. The van der Waals surface area contributed by atoms with Gasteiger partial charge in [-0.1, -0.05) is 95.5 Å². The Morgan fingerprint density at radius 2 is 1.39 bits per heavy atom. The highest BCUT2D eigenvalue weighted by molar-refractivity contribution is 5.17. The third-order valence-corrected chi connectivity index (χ3v) is 4.92. The predicted octanol–water partition coefficient (Wildman–Crippen LogP) is 5.23. The number of hydrogen-bond donors (Lipinski definition) is 2. The van der Waals surface area contributed by atoms with Gasteiger partial charge in [0.2, 0.25) is 0 Å². The minimum atomic E-state index is -0.711. The molecule has 0 spiro atoms. The first-order valence-corrected chi connectivity index (χ1v) is 9.64. The van der Waals surface area contributed by atoms with Gasteiger partial charge < -0.3 is 10.8 Å². The van der Waals surface area contributed by atoms with E-state index in [0.717, 1.165) is 32.1 Å². The van der Waals surface area contributed by atoms with Gasteiger partial charge in [0.05, 0.1) is 5.60 Å². The van der Waals surface area contributed by atoms with Crippen LogP contribution in [-0.4, -0.2) is 16.7 Å². The first-order valence-electron chi connectivity index (χ1n) is 9.64. The third kappa shape index (κ3) is 7.99. The summed E-state index contributed by atoms with van der Waals surface area (Å²) in [5.41, 5.74) is 6.98. The first-order chi connectivity index (χ1) is 11.1. The number of rotatable bonds is 13. The molecule has 0 heterocycles. The molecule has 0 aliphatic heterocycles. The molecule has 3 N–H and O–H groups in total. The molecule has 0 bridgehead atoms. The van der Waals surface area contributed by atoms with E-state index in [-0.39, 0.29) is 6.04 Å². The highest BCUT2D eigenvalue weighted by Gasteiger charge is 2.33. The van der Waals surface area contributed by atoms with Gasteiger partial charge in [-0.15, -0.1) is 0 Å². The standard InChI is InChI=1S/C21H37NO/c1-3-5-7-12-16-21(23,17-13-8-6-4-2)20(22)18-19-14-10-9-11-15-19/h9-11,14-15,20,23H,3-8,12-13,16-18,22H2,1-2H3. The van der Waals surface area contributed by atoms with Crippen LogP contribution in [0.1, 0.15) is 83.6 Å². The van der Waals surface area contributed by atoms with E-state index in [2.05, 4.69) is 26.0 Å². The number of aliphatic hydroxyl groups is 1. The lowest BCUT2D eigenvalue weighted by molar-refractivity contribution is -0.00678. The van der Waals surface area contributed by atoms with E-state index < -0.39 is 5.60 Å². The van der Waals surface area contributed by atoms with Crippen LogP contribution < -0.4 is 5.73 Å². The lowest BCUT2D eigenvalue weighted by atomic mass is 9.81. The van der Waals surface area contributed by atoms with Gasteiger partial charge in [0, 0.05) is 6.04 Å². The van der Waals surface area contributed by atoms with E-state index in [4.69, 9.17) is 5.73 Å². The summed E-state index contributed by atoms with van der Waals surface area (Å²) in [5.74, 6) is 0. The van der Waals surface area contributed by atoms with Gasteiger partial charge >= 0.3 is 0 Å². The monoisotopic (exact) mass is 319 g/mol.